The molecule has 6 heteroatoms. The molecule has 108 valence electrons. The first-order chi connectivity index (χ1) is 8.86. The van der Waals surface area contributed by atoms with Crippen molar-refractivity contribution in [1.82, 2.24) is 5.32 Å². The Labute approximate surface area is 112 Å². The Morgan fingerprint density at radius 3 is 2.37 bits per heavy atom. The molecule has 0 aromatic heterocycles. The van der Waals surface area contributed by atoms with Crippen molar-refractivity contribution in [1.29, 1.82) is 0 Å². The summed E-state index contributed by atoms with van der Waals surface area (Å²) >= 11 is 0. The molecule has 0 fully saturated rings. The molecular weight excluding hydrogens is 250 g/mol. The third-order valence-corrected chi connectivity index (χ3v) is 2.26. The molecule has 0 aromatic rings. The number of esters is 1. The van der Waals surface area contributed by atoms with Crippen LogP contribution in [0.2, 0.25) is 0 Å². The van der Waals surface area contributed by atoms with Crippen molar-refractivity contribution < 1.29 is 24.2 Å². The minimum Gasteiger partial charge on any atom is -0.480 e. The predicted octanol–water partition coefficient (Wildman–Crippen LogP) is 1.26. The molecule has 1 atom stereocenters. The Morgan fingerprint density at radius 2 is 1.89 bits per heavy atom. The summed E-state index contributed by atoms with van der Waals surface area (Å²) in [5, 5.41) is 11.3. The van der Waals surface area contributed by atoms with E-state index in [9.17, 15) is 14.4 Å². The van der Waals surface area contributed by atoms with Crippen LogP contribution in [0.4, 0.5) is 0 Å². The standard InChI is InChI=1S/C13H21NO5/c1-4-19-12(16)8-7-11(15)14-10(13(17)18)6-5-9(2)3/h5,10H,4,6-8H2,1-3H3,(H,14,15)(H,17,18)/t10-/m1/s1. The first kappa shape index (κ1) is 17.2. The number of amides is 1. The van der Waals surface area contributed by atoms with Gasteiger partial charge in [0.25, 0.3) is 0 Å². The molecular formula is C13H21NO5. The quantitative estimate of drug-likeness (QED) is 0.512. The highest BCUT2D eigenvalue weighted by molar-refractivity contribution is 5.85. The van der Waals surface area contributed by atoms with Crippen LogP contribution >= 0.6 is 0 Å². The van der Waals surface area contributed by atoms with Crippen molar-refractivity contribution in [3.8, 4) is 0 Å². The van der Waals surface area contributed by atoms with E-state index in [1.165, 1.54) is 0 Å². The monoisotopic (exact) mass is 271 g/mol. The third-order valence-electron chi connectivity index (χ3n) is 2.26. The maximum absolute atomic E-state index is 11.5. The van der Waals surface area contributed by atoms with E-state index in [4.69, 9.17) is 5.11 Å². The number of carboxylic acid groups (broad SMARTS) is 1. The summed E-state index contributed by atoms with van der Waals surface area (Å²) in [7, 11) is 0. The van der Waals surface area contributed by atoms with Gasteiger partial charge in [-0.05, 0) is 27.2 Å². The summed E-state index contributed by atoms with van der Waals surface area (Å²) in [4.78, 5) is 33.5. The normalized spacial score (nSPS) is 11.3. The smallest absolute Gasteiger partial charge is 0.326 e. The van der Waals surface area contributed by atoms with Crippen LogP contribution in [0.25, 0.3) is 0 Å². The summed E-state index contributed by atoms with van der Waals surface area (Å²) in [6.45, 7) is 5.64. The lowest BCUT2D eigenvalue weighted by atomic mass is 10.1. The molecule has 0 aliphatic heterocycles. The molecule has 0 bridgehead atoms. The SMILES string of the molecule is CCOC(=O)CCC(=O)N[C@H](CC=C(C)C)C(=O)O. The van der Waals surface area contributed by atoms with Gasteiger partial charge in [0.2, 0.25) is 5.91 Å². The van der Waals surface area contributed by atoms with E-state index in [1.807, 2.05) is 13.8 Å². The van der Waals surface area contributed by atoms with Crippen LogP contribution < -0.4 is 5.32 Å². The lowest BCUT2D eigenvalue weighted by molar-refractivity contribution is -0.144. The van der Waals surface area contributed by atoms with E-state index >= 15 is 0 Å². The molecule has 0 saturated heterocycles. The zero-order valence-corrected chi connectivity index (χ0v) is 11.6. The fourth-order valence-corrected chi connectivity index (χ4v) is 1.29. The molecule has 0 aromatic carbocycles. The van der Waals surface area contributed by atoms with Gasteiger partial charge in [0.1, 0.15) is 6.04 Å². The molecule has 2 N–H and O–H groups in total. The van der Waals surface area contributed by atoms with Crippen LogP contribution in [0.1, 0.15) is 40.0 Å². The van der Waals surface area contributed by atoms with E-state index in [2.05, 4.69) is 10.1 Å². The topological polar surface area (TPSA) is 92.7 Å². The molecule has 0 radical (unpaired) electrons. The van der Waals surface area contributed by atoms with Crippen LogP contribution in [0, 0.1) is 0 Å². The highest BCUT2D eigenvalue weighted by Gasteiger charge is 2.19. The molecule has 0 unspecified atom stereocenters. The van der Waals surface area contributed by atoms with Gasteiger partial charge in [0.05, 0.1) is 13.0 Å². The van der Waals surface area contributed by atoms with Crippen LogP contribution in [0.5, 0.6) is 0 Å². The first-order valence-electron chi connectivity index (χ1n) is 6.18. The number of allylic oxidation sites excluding steroid dienone is 1. The van der Waals surface area contributed by atoms with E-state index in [1.54, 1.807) is 13.0 Å². The number of hydrogen-bond acceptors (Lipinski definition) is 4. The highest BCUT2D eigenvalue weighted by atomic mass is 16.5. The second-order valence-corrected chi connectivity index (χ2v) is 4.28. The Balaban J connectivity index is 4.21. The Morgan fingerprint density at radius 1 is 1.26 bits per heavy atom. The zero-order valence-electron chi connectivity index (χ0n) is 11.6. The van der Waals surface area contributed by atoms with Crippen LogP contribution in [-0.2, 0) is 19.1 Å². The fourth-order valence-electron chi connectivity index (χ4n) is 1.29. The maximum Gasteiger partial charge on any atom is 0.326 e. The Bertz CT molecular complexity index is 358. The number of aliphatic carboxylic acids is 1. The average Bonchev–Trinajstić information content (AvgIpc) is 2.31. The minimum absolute atomic E-state index is 0.0470. The lowest BCUT2D eigenvalue weighted by Crippen LogP contribution is -2.40. The third kappa shape index (κ3) is 8.82. The summed E-state index contributed by atoms with van der Waals surface area (Å²) in [5.41, 5.74) is 0.979. The Kier molecular flexibility index (Phi) is 8.24. The van der Waals surface area contributed by atoms with Gasteiger partial charge >= 0.3 is 11.9 Å². The number of ether oxygens (including phenoxy) is 1. The fraction of sp³-hybridized carbons (Fsp3) is 0.615. The number of carbonyl (C=O) groups is 3. The van der Waals surface area contributed by atoms with E-state index < -0.39 is 23.9 Å². The molecule has 0 saturated carbocycles. The summed E-state index contributed by atoms with van der Waals surface area (Å²) in [6, 6.07) is -0.968. The molecule has 19 heavy (non-hydrogen) atoms. The van der Waals surface area contributed by atoms with Crippen LogP contribution in [0.3, 0.4) is 0 Å². The van der Waals surface area contributed by atoms with Gasteiger partial charge in [0.15, 0.2) is 0 Å². The number of hydrogen-bond donors (Lipinski definition) is 2. The number of rotatable bonds is 8. The summed E-state index contributed by atoms with van der Waals surface area (Å²) < 4.78 is 4.68. The van der Waals surface area contributed by atoms with Crippen molar-refractivity contribution >= 4 is 17.8 Å². The molecule has 1 amide bonds. The van der Waals surface area contributed by atoms with E-state index in [0.29, 0.717) is 0 Å². The predicted molar refractivity (Wildman–Crippen MR) is 69.5 cm³/mol. The van der Waals surface area contributed by atoms with E-state index in [0.717, 1.165) is 5.57 Å². The maximum atomic E-state index is 11.5. The van der Waals surface area contributed by atoms with Crippen molar-refractivity contribution in [2.45, 2.75) is 46.1 Å². The van der Waals surface area contributed by atoms with Gasteiger partial charge in [0, 0.05) is 6.42 Å². The second kappa shape index (κ2) is 9.13. The van der Waals surface area contributed by atoms with Crippen LogP contribution in [0.15, 0.2) is 11.6 Å². The highest BCUT2D eigenvalue weighted by Crippen LogP contribution is 2.01. The van der Waals surface area contributed by atoms with E-state index in [-0.39, 0.29) is 25.9 Å². The lowest BCUT2D eigenvalue weighted by Gasteiger charge is -2.12. The molecule has 0 spiro atoms. The van der Waals surface area contributed by atoms with Gasteiger partial charge in [-0.25, -0.2) is 4.79 Å². The molecule has 0 rings (SSSR count). The minimum atomic E-state index is -1.10. The van der Waals surface area contributed by atoms with Crippen LogP contribution in [-0.4, -0.2) is 35.6 Å². The molecule has 0 aliphatic rings. The molecule has 6 nitrogen and oxygen atoms in total. The first-order valence-corrected chi connectivity index (χ1v) is 6.18. The largest absolute Gasteiger partial charge is 0.480 e. The number of carbonyl (C=O) groups excluding carboxylic acids is 2. The van der Waals surface area contributed by atoms with Crippen molar-refractivity contribution in [2.75, 3.05) is 6.61 Å². The van der Waals surface area contributed by atoms with Gasteiger partial charge in [-0.15, -0.1) is 0 Å². The van der Waals surface area contributed by atoms with Crippen molar-refractivity contribution in [3.63, 3.8) is 0 Å². The molecule has 0 aliphatic carbocycles. The summed E-state index contributed by atoms with van der Waals surface area (Å²) in [5.74, 6) is -2.03. The number of carboxylic acids is 1. The molecule has 0 heterocycles. The Hall–Kier alpha value is -1.85. The van der Waals surface area contributed by atoms with Gasteiger partial charge < -0.3 is 15.2 Å². The second-order valence-electron chi connectivity index (χ2n) is 4.28. The van der Waals surface area contributed by atoms with Crippen molar-refractivity contribution in [2.24, 2.45) is 0 Å². The zero-order chi connectivity index (χ0) is 14.8. The average molecular weight is 271 g/mol. The van der Waals surface area contributed by atoms with Crippen molar-refractivity contribution in [3.05, 3.63) is 11.6 Å². The van der Waals surface area contributed by atoms with Gasteiger partial charge in [-0.1, -0.05) is 11.6 Å². The summed E-state index contributed by atoms with van der Waals surface area (Å²) in [6.07, 6.45) is 1.85. The van der Waals surface area contributed by atoms with Gasteiger partial charge in [-0.2, -0.15) is 0 Å². The number of nitrogens with one attached hydrogen (secondary N) is 1. The van der Waals surface area contributed by atoms with Gasteiger partial charge in [-0.3, -0.25) is 9.59 Å².